The molecule has 2 heteroatoms. The van der Waals surface area contributed by atoms with Crippen LogP contribution in [0.3, 0.4) is 0 Å². The van der Waals surface area contributed by atoms with Crippen LogP contribution in [0.15, 0.2) is 24.3 Å². The summed E-state index contributed by atoms with van der Waals surface area (Å²) in [5.41, 5.74) is 3.66. The fraction of sp³-hybridized carbons (Fsp3) is 0.684. The largest absolute Gasteiger partial charge is 0.319 e. The first-order valence-electron chi connectivity index (χ1n) is 8.74. The molecule has 1 N–H and O–H groups in total. The second-order valence-electron chi connectivity index (χ2n) is 7.15. The van der Waals surface area contributed by atoms with E-state index in [1.807, 2.05) is 7.05 Å². The zero-order valence-corrected chi connectivity index (χ0v) is 13.5. The van der Waals surface area contributed by atoms with Gasteiger partial charge in [0.25, 0.3) is 0 Å². The van der Waals surface area contributed by atoms with Gasteiger partial charge < -0.3 is 5.32 Å². The molecular formula is C19H30N2. The zero-order chi connectivity index (χ0) is 14.5. The third-order valence-corrected chi connectivity index (χ3v) is 5.67. The quantitative estimate of drug-likeness (QED) is 0.889. The minimum absolute atomic E-state index is 0.744. The summed E-state index contributed by atoms with van der Waals surface area (Å²) in [6.07, 6.45) is 9.97. The van der Waals surface area contributed by atoms with Gasteiger partial charge >= 0.3 is 0 Å². The number of hydrogen-bond donors (Lipinski definition) is 1. The third-order valence-electron chi connectivity index (χ3n) is 5.67. The molecule has 3 rings (SSSR count). The zero-order valence-electron chi connectivity index (χ0n) is 13.5. The van der Waals surface area contributed by atoms with Crippen LogP contribution in [0.5, 0.6) is 0 Å². The second kappa shape index (κ2) is 6.93. The Morgan fingerprint density at radius 1 is 0.952 bits per heavy atom. The van der Waals surface area contributed by atoms with Crippen molar-refractivity contribution < 1.29 is 0 Å². The Morgan fingerprint density at radius 3 is 2.19 bits per heavy atom. The summed E-state index contributed by atoms with van der Waals surface area (Å²) in [6, 6.07) is 9.25. The molecule has 1 aliphatic carbocycles. The highest BCUT2D eigenvalue weighted by molar-refractivity contribution is 5.22. The highest BCUT2D eigenvalue weighted by Crippen LogP contribution is 2.46. The number of benzene rings is 1. The molecule has 1 aliphatic heterocycles. The lowest BCUT2D eigenvalue weighted by atomic mass is 9.77. The Bertz CT molecular complexity index is 421. The SMILES string of the molecule is CNCCc1ccc(CN2CCC3(CCCC3)CC2)cc1. The van der Waals surface area contributed by atoms with E-state index in [1.165, 1.54) is 62.7 Å². The molecule has 0 radical (unpaired) electrons. The number of hydrogen-bond acceptors (Lipinski definition) is 2. The maximum Gasteiger partial charge on any atom is 0.0233 e. The lowest BCUT2D eigenvalue weighted by molar-refractivity contribution is 0.103. The topological polar surface area (TPSA) is 15.3 Å². The molecule has 0 bridgehead atoms. The highest BCUT2D eigenvalue weighted by Gasteiger charge is 2.36. The van der Waals surface area contributed by atoms with E-state index in [1.54, 1.807) is 0 Å². The Balaban J connectivity index is 1.48. The summed E-state index contributed by atoms with van der Waals surface area (Å²) < 4.78 is 0. The van der Waals surface area contributed by atoms with Crippen molar-refractivity contribution in [3.8, 4) is 0 Å². The molecule has 116 valence electrons. The molecule has 2 aliphatic rings. The first-order chi connectivity index (χ1) is 10.3. The standard InChI is InChI=1S/C19H30N2/c1-20-13-8-17-4-6-18(7-5-17)16-21-14-11-19(12-15-21)9-2-3-10-19/h4-7,20H,2-3,8-16H2,1H3. The molecule has 1 saturated heterocycles. The average molecular weight is 286 g/mol. The normalized spacial score (nSPS) is 22.0. The van der Waals surface area contributed by atoms with Gasteiger partial charge in [-0.2, -0.15) is 0 Å². The first-order valence-corrected chi connectivity index (χ1v) is 8.74. The molecule has 0 atom stereocenters. The van der Waals surface area contributed by atoms with Crippen LogP contribution in [0.25, 0.3) is 0 Å². The van der Waals surface area contributed by atoms with Gasteiger partial charge in [0, 0.05) is 6.54 Å². The molecule has 2 fully saturated rings. The van der Waals surface area contributed by atoms with E-state index in [0.29, 0.717) is 0 Å². The average Bonchev–Trinajstić information content (AvgIpc) is 2.98. The number of likely N-dealkylation sites (tertiary alicyclic amines) is 1. The van der Waals surface area contributed by atoms with Crippen molar-refractivity contribution in [3.63, 3.8) is 0 Å². The number of likely N-dealkylation sites (N-methyl/N-ethyl adjacent to an activating group) is 1. The van der Waals surface area contributed by atoms with Crippen molar-refractivity contribution in [2.75, 3.05) is 26.7 Å². The van der Waals surface area contributed by atoms with Crippen molar-refractivity contribution in [3.05, 3.63) is 35.4 Å². The predicted octanol–water partition coefficient (Wildman–Crippen LogP) is 3.60. The lowest BCUT2D eigenvalue weighted by Gasteiger charge is -2.39. The van der Waals surface area contributed by atoms with Crippen molar-refractivity contribution in [1.82, 2.24) is 10.2 Å². The minimum Gasteiger partial charge on any atom is -0.319 e. The summed E-state index contributed by atoms with van der Waals surface area (Å²) in [5, 5.41) is 3.21. The Kier molecular flexibility index (Phi) is 4.97. The van der Waals surface area contributed by atoms with E-state index in [2.05, 4.69) is 34.5 Å². The molecule has 1 aromatic carbocycles. The van der Waals surface area contributed by atoms with Gasteiger partial charge in [0.15, 0.2) is 0 Å². The molecule has 1 aromatic rings. The Labute approximate surface area is 129 Å². The monoisotopic (exact) mass is 286 g/mol. The van der Waals surface area contributed by atoms with Gasteiger partial charge in [0.1, 0.15) is 0 Å². The van der Waals surface area contributed by atoms with Crippen LogP contribution >= 0.6 is 0 Å². The van der Waals surface area contributed by atoms with Crippen LogP contribution in [0.4, 0.5) is 0 Å². The van der Waals surface area contributed by atoms with E-state index >= 15 is 0 Å². The van der Waals surface area contributed by atoms with Crippen LogP contribution < -0.4 is 5.32 Å². The van der Waals surface area contributed by atoms with Gasteiger partial charge in [-0.15, -0.1) is 0 Å². The number of nitrogens with one attached hydrogen (secondary N) is 1. The van der Waals surface area contributed by atoms with Crippen LogP contribution in [0.2, 0.25) is 0 Å². The van der Waals surface area contributed by atoms with Crippen LogP contribution in [0, 0.1) is 5.41 Å². The van der Waals surface area contributed by atoms with Crippen molar-refractivity contribution >= 4 is 0 Å². The molecule has 21 heavy (non-hydrogen) atoms. The van der Waals surface area contributed by atoms with Gasteiger partial charge in [-0.3, -0.25) is 4.90 Å². The molecular weight excluding hydrogens is 256 g/mol. The van der Waals surface area contributed by atoms with E-state index < -0.39 is 0 Å². The highest BCUT2D eigenvalue weighted by atomic mass is 15.1. The van der Waals surface area contributed by atoms with Crippen LogP contribution in [-0.2, 0) is 13.0 Å². The number of piperidine rings is 1. The van der Waals surface area contributed by atoms with Gasteiger partial charge in [-0.1, -0.05) is 37.1 Å². The van der Waals surface area contributed by atoms with Gasteiger partial charge in [0.2, 0.25) is 0 Å². The van der Waals surface area contributed by atoms with E-state index in [4.69, 9.17) is 0 Å². The summed E-state index contributed by atoms with van der Waals surface area (Å²) in [5.74, 6) is 0. The molecule has 1 saturated carbocycles. The molecule has 1 heterocycles. The maximum atomic E-state index is 3.21. The third kappa shape index (κ3) is 3.87. The number of nitrogens with zero attached hydrogens (tertiary/aromatic N) is 1. The van der Waals surface area contributed by atoms with Crippen LogP contribution in [-0.4, -0.2) is 31.6 Å². The van der Waals surface area contributed by atoms with Crippen molar-refractivity contribution in [1.29, 1.82) is 0 Å². The number of rotatable bonds is 5. The van der Waals surface area contributed by atoms with Gasteiger partial charge in [0.05, 0.1) is 0 Å². The predicted molar refractivity (Wildman–Crippen MR) is 89.5 cm³/mol. The lowest BCUT2D eigenvalue weighted by Crippen LogP contribution is -2.38. The second-order valence-corrected chi connectivity index (χ2v) is 7.15. The van der Waals surface area contributed by atoms with Crippen LogP contribution in [0.1, 0.15) is 49.7 Å². The molecule has 1 spiro atoms. The maximum absolute atomic E-state index is 3.21. The Hall–Kier alpha value is -0.860. The fourth-order valence-electron chi connectivity index (χ4n) is 4.15. The Morgan fingerprint density at radius 2 is 1.57 bits per heavy atom. The smallest absolute Gasteiger partial charge is 0.0233 e. The summed E-state index contributed by atoms with van der Waals surface area (Å²) in [6.45, 7) is 4.82. The van der Waals surface area contributed by atoms with Gasteiger partial charge in [-0.05, 0) is 75.3 Å². The molecule has 0 aromatic heterocycles. The first kappa shape index (κ1) is 15.1. The van der Waals surface area contributed by atoms with E-state index in [-0.39, 0.29) is 0 Å². The minimum atomic E-state index is 0.744. The molecule has 0 amide bonds. The van der Waals surface area contributed by atoms with Crippen molar-refractivity contribution in [2.45, 2.75) is 51.5 Å². The van der Waals surface area contributed by atoms with Gasteiger partial charge in [-0.25, -0.2) is 0 Å². The summed E-state index contributed by atoms with van der Waals surface area (Å²) >= 11 is 0. The summed E-state index contributed by atoms with van der Waals surface area (Å²) in [4.78, 5) is 2.66. The van der Waals surface area contributed by atoms with E-state index in [9.17, 15) is 0 Å². The summed E-state index contributed by atoms with van der Waals surface area (Å²) in [7, 11) is 2.02. The van der Waals surface area contributed by atoms with Crippen molar-refractivity contribution in [2.24, 2.45) is 5.41 Å². The molecule has 0 unspecified atom stereocenters. The van der Waals surface area contributed by atoms with E-state index in [0.717, 1.165) is 24.9 Å². The molecule has 2 nitrogen and oxygen atoms in total. The fourth-order valence-corrected chi connectivity index (χ4v) is 4.15.